The van der Waals surface area contributed by atoms with Crippen LogP contribution in [-0.2, 0) is 14.8 Å². The standard InChI is InChI=1S/C13H19NO.C11H15NO3S/c1-12-4-6-13(7-5-12)15-11-10-14-8-2-3-9-14;1-10-3-2-4-11(9-10)16(13,14)12-5-7-15-8-6-12/h4-7H,2-3,8-11H2,1H3;2-4,9H,5-8H2,1H3. The van der Waals surface area contributed by atoms with Crippen molar-refractivity contribution in [1.82, 2.24) is 9.21 Å². The van der Waals surface area contributed by atoms with Crippen molar-refractivity contribution in [2.45, 2.75) is 31.6 Å². The summed E-state index contributed by atoms with van der Waals surface area (Å²) in [4.78, 5) is 2.84. The average molecular weight is 447 g/mol. The van der Waals surface area contributed by atoms with Crippen molar-refractivity contribution in [2.24, 2.45) is 0 Å². The maximum absolute atomic E-state index is 12.2. The third kappa shape index (κ3) is 7.31. The van der Waals surface area contributed by atoms with E-state index in [9.17, 15) is 8.42 Å². The number of likely N-dealkylation sites (tertiary alicyclic amines) is 1. The molecule has 2 aromatic carbocycles. The monoisotopic (exact) mass is 446 g/mol. The molecule has 2 heterocycles. The van der Waals surface area contributed by atoms with Gasteiger partial charge in [0, 0.05) is 19.6 Å². The molecule has 0 spiro atoms. The summed E-state index contributed by atoms with van der Waals surface area (Å²) in [7, 11) is -3.33. The van der Waals surface area contributed by atoms with Crippen LogP contribution in [0.1, 0.15) is 24.0 Å². The number of hydrogen-bond acceptors (Lipinski definition) is 5. The molecular formula is C24H34N2O4S. The normalized spacial score (nSPS) is 17.7. The van der Waals surface area contributed by atoms with E-state index in [1.165, 1.54) is 35.8 Å². The Morgan fingerprint density at radius 2 is 1.58 bits per heavy atom. The number of aryl methyl sites for hydroxylation is 2. The largest absolute Gasteiger partial charge is 0.492 e. The van der Waals surface area contributed by atoms with Crippen LogP contribution in [0.25, 0.3) is 0 Å². The number of morpholine rings is 1. The second-order valence-electron chi connectivity index (χ2n) is 8.04. The highest BCUT2D eigenvalue weighted by Gasteiger charge is 2.26. The zero-order chi connectivity index (χ0) is 22.1. The number of hydrogen-bond donors (Lipinski definition) is 0. The van der Waals surface area contributed by atoms with Crippen molar-refractivity contribution in [2.75, 3.05) is 52.5 Å². The summed E-state index contributed by atoms with van der Waals surface area (Å²) in [5, 5.41) is 0. The fourth-order valence-electron chi connectivity index (χ4n) is 3.65. The molecule has 31 heavy (non-hydrogen) atoms. The van der Waals surface area contributed by atoms with E-state index < -0.39 is 10.0 Å². The van der Waals surface area contributed by atoms with Crippen molar-refractivity contribution in [1.29, 1.82) is 0 Å². The Kier molecular flexibility index (Phi) is 8.90. The minimum Gasteiger partial charge on any atom is -0.492 e. The third-order valence-electron chi connectivity index (χ3n) is 5.49. The number of nitrogens with zero attached hydrogens (tertiary/aromatic N) is 2. The first-order valence-electron chi connectivity index (χ1n) is 11.0. The van der Waals surface area contributed by atoms with Gasteiger partial charge in [0.2, 0.25) is 10.0 Å². The van der Waals surface area contributed by atoms with Gasteiger partial charge in [-0.1, -0.05) is 29.8 Å². The minimum absolute atomic E-state index is 0.370. The van der Waals surface area contributed by atoms with Crippen molar-refractivity contribution >= 4 is 10.0 Å². The zero-order valence-electron chi connectivity index (χ0n) is 18.6. The zero-order valence-corrected chi connectivity index (χ0v) is 19.4. The number of sulfonamides is 1. The van der Waals surface area contributed by atoms with E-state index in [1.54, 1.807) is 18.2 Å². The molecular weight excluding hydrogens is 412 g/mol. The van der Waals surface area contributed by atoms with Gasteiger partial charge in [0.15, 0.2) is 0 Å². The number of rotatable bonds is 6. The van der Waals surface area contributed by atoms with Crippen molar-refractivity contribution in [3.63, 3.8) is 0 Å². The Bertz CT molecular complexity index is 903. The fourth-order valence-corrected chi connectivity index (χ4v) is 5.16. The van der Waals surface area contributed by atoms with Crippen LogP contribution >= 0.6 is 0 Å². The Balaban J connectivity index is 0.000000176. The smallest absolute Gasteiger partial charge is 0.243 e. The summed E-state index contributed by atoms with van der Waals surface area (Å²) in [5.41, 5.74) is 2.23. The summed E-state index contributed by atoms with van der Waals surface area (Å²) in [6, 6.07) is 15.2. The maximum Gasteiger partial charge on any atom is 0.243 e. The molecule has 2 aromatic rings. The molecule has 4 rings (SSSR count). The molecule has 0 saturated carbocycles. The second-order valence-corrected chi connectivity index (χ2v) is 9.98. The van der Waals surface area contributed by atoms with E-state index in [0.717, 1.165) is 24.5 Å². The van der Waals surface area contributed by atoms with Gasteiger partial charge >= 0.3 is 0 Å². The summed E-state index contributed by atoms with van der Waals surface area (Å²) in [6.45, 7) is 10.2. The Hall–Kier alpha value is -1.93. The molecule has 0 aliphatic carbocycles. The van der Waals surface area contributed by atoms with Crippen LogP contribution in [0.3, 0.4) is 0 Å². The molecule has 0 radical (unpaired) electrons. The van der Waals surface area contributed by atoms with Gasteiger partial charge in [-0.2, -0.15) is 4.31 Å². The molecule has 0 aromatic heterocycles. The van der Waals surface area contributed by atoms with Crippen LogP contribution in [0.15, 0.2) is 53.4 Å². The molecule has 0 N–H and O–H groups in total. The summed E-state index contributed by atoms with van der Waals surface area (Å²) >= 11 is 0. The Labute approximate surface area is 186 Å². The molecule has 2 aliphatic heterocycles. The van der Waals surface area contributed by atoms with Gasteiger partial charge in [0.25, 0.3) is 0 Å². The van der Waals surface area contributed by atoms with Gasteiger partial charge in [-0.3, -0.25) is 4.90 Å². The third-order valence-corrected chi connectivity index (χ3v) is 7.39. The van der Waals surface area contributed by atoms with Crippen molar-refractivity contribution in [3.8, 4) is 5.75 Å². The van der Waals surface area contributed by atoms with Crippen molar-refractivity contribution in [3.05, 3.63) is 59.7 Å². The van der Waals surface area contributed by atoms with Crippen molar-refractivity contribution < 1.29 is 17.9 Å². The van der Waals surface area contributed by atoms with Gasteiger partial charge < -0.3 is 9.47 Å². The van der Waals surface area contributed by atoms with E-state index in [2.05, 4.69) is 24.0 Å². The lowest BCUT2D eigenvalue weighted by Gasteiger charge is -2.26. The van der Waals surface area contributed by atoms with Gasteiger partial charge in [0.1, 0.15) is 12.4 Å². The van der Waals surface area contributed by atoms with Crippen LogP contribution in [0.5, 0.6) is 5.75 Å². The minimum atomic E-state index is -3.33. The highest BCUT2D eigenvalue weighted by Crippen LogP contribution is 2.17. The Morgan fingerprint density at radius 1 is 0.903 bits per heavy atom. The van der Waals surface area contributed by atoms with Gasteiger partial charge in [-0.15, -0.1) is 0 Å². The van der Waals surface area contributed by atoms with E-state index in [4.69, 9.17) is 9.47 Å². The lowest BCUT2D eigenvalue weighted by molar-refractivity contribution is 0.0730. The molecule has 2 aliphatic rings. The lowest BCUT2D eigenvalue weighted by Crippen LogP contribution is -2.40. The molecule has 2 fully saturated rings. The van der Waals surface area contributed by atoms with E-state index in [1.807, 2.05) is 25.1 Å². The Morgan fingerprint density at radius 3 is 2.23 bits per heavy atom. The molecule has 0 unspecified atom stereocenters. The van der Waals surface area contributed by atoms with Crippen LogP contribution in [0.4, 0.5) is 0 Å². The highest BCUT2D eigenvalue weighted by atomic mass is 32.2. The van der Waals surface area contributed by atoms with Crippen LogP contribution in [0.2, 0.25) is 0 Å². The van der Waals surface area contributed by atoms with Gasteiger partial charge in [-0.25, -0.2) is 8.42 Å². The van der Waals surface area contributed by atoms with E-state index in [-0.39, 0.29) is 0 Å². The molecule has 0 amide bonds. The lowest BCUT2D eigenvalue weighted by atomic mass is 10.2. The summed E-state index contributed by atoms with van der Waals surface area (Å²) in [6.07, 6.45) is 2.70. The molecule has 6 nitrogen and oxygen atoms in total. The van der Waals surface area contributed by atoms with Crippen LogP contribution < -0.4 is 4.74 Å². The maximum atomic E-state index is 12.2. The number of benzene rings is 2. The average Bonchev–Trinajstić information content (AvgIpc) is 3.30. The predicted molar refractivity (Wildman–Crippen MR) is 123 cm³/mol. The first kappa shape index (κ1) is 23.7. The molecule has 0 atom stereocenters. The van der Waals surface area contributed by atoms with E-state index in [0.29, 0.717) is 31.2 Å². The number of ether oxygens (including phenoxy) is 2. The van der Waals surface area contributed by atoms with Gasteiger partial charge in [0.05, 0.1) is 18.1 Å². The second kappa shape index (κ2) is 11.6. The fraction of sp³-hybridized carbons (Fsp3) is 0.500. The topological polar surface area (TPSA) is 59.1 Å². The first-order chi connectivity index (χ1) is 14.9. The van der Waals surface area contributed by atoms with Gasteiger partial charge in [-0.05, 0) is 69.6 Å². The molecule has 170 valence electrons. The van der Waals surface area contributed by atoms with Crippen LogP contribution in [-0.4, -0.2) is 70.2 Å². The molecule has 2 saturated heterocycles. The first-order valence-corrected chi connectivity index (χ1v) is 12.5. The molecule has 0 bridgehead atoms. The molecule has 7 heteroatoms. The summed E-state index contributed by atoms with van der Waals surface area (Å²) in [5.74, 6) is 0.986. The van der Waals surface area contributed by atoms with E-state index >= 15 is 0 Å². The SMILES string of the molecule is Cc1ccc(OCCN2CCCC2)cc1.Cc1cccc(S(=O)(=O)N2CCOCC2)c1. The summed E-state index contributed by atoms with van der Waals surface area (Å²) < 4.78 is 36.7. The predicted octanol–water partition coefficient (Wildman–Crippen LogP) is 3.49. The highest BCUT2D eigenvalue weighted by molar-refractivity contribution is 7.89. The quantitative estimate of drug-likeness (QED) is 0.680. The van der Waals surface area contributed by atoms with Crippen LogP contribution in [0, 0.1) is 13.8 Å².